The van der Waals surface area contributed by atoms with E-state index < -0.39 is 0 Å². The molecule has 1 aromatic carbocycles. The summed E-state index contributed by atoms with van der Waals surface area (Å²) in [5, 5.41) is 3.91. The van der Waals surface area contributed by atoms with Gasteiger partial charge < -0.3 is 11.1 Å². The molecular formula is C15H19N3OS. The summed E-state index contributed by atoms with van der Waals surface area (Å²) in [6.07, 6.45) is 2.84. The van der Waals surface area contributed by atoms with Crippen LogP contribution in [0.25, 0.3) is 0 Å². The second-order valence-corrected chi connectivity index (χ2v) is 5.93. The van der Waals surface area contributed by atoms with Gasteiger partial charge in [-0.15, -0.1) is 11.3 Å². The highest BCUT2D eigenvalue weighted by molar-refractivity contribution is 7.11. The molecule has 1 unspecified atom stereocenters. The fourth-order valence-corrected chi connectivity index (χ4v) is 2.82. The van der Waals surface area contributed by atoms with Crippen LogP contribution < -0.4 is 11.1 Å². The molecule has 0 spiro atoms. The highest BCUT2D eigenvalue weighted by atomic mass is 32.1. The number of nitrogens with one attached hydrogen (secondary N) is 1. The Balaban J connectivity index is 2.10. The Hall–Kier alpha value is -1.88. The van der Waals surface area contributed by atoms with Crippen molar-refractivity contribution in [3.8, 4) is 0 Å². The molecular weight excluding hydrogens is 270 g/mol. The lowest BCUT2D eigenvalue weighted by Gasteiger charge is -2.13. The topological polar surface area (TPSA) is 68.0 Å². The van der Waals surface area contributed by atoms with Crippen LogP contribution >= 0.6 is 11.3 Å². The van der Waals surface area contributed by atoms with Crippen molar-refractivity contribution >= 4 is 22.9 Å². The zero-order valence-corrected chi connectivity index (χ0v) is 12.8. The van der Waals surface area contributed by atoms with Gasteiger partial charge in [0.25, 0.3) is 5.91 Å². The molecule has 0 aliphatic rings. The Morgan fingerprint density at radius 3 is 2.85 bits per heavy atom. The number of nitrogens with zero attached hydrogens (tertiary/aromatic N) is 1. The van der Waals surface area contributed by atoms with Crippen molar-refractivity contribution in [3.05, 3.63) is 45.4 Å². The highest BCUT2D eigenvalue weighted by Crippen LogP contribution is 2.21. The van der Waals surface area contributed by atoms with Gasteiger partial charge in [-0.3, -0.25) is 4.79 Å². The van der Waals surface area contributed by atoms with Gasteiger partial charge in [-0.05, 0) is 44.0 Å². The molecule has 1 atom stereocenters. The molecule has 0 saturated carbocycles. The molecule has 0 fully saturated rings. The number of benzene rings is 1. The zero-order chi connectivity index (χ0) is 14.7. The monoisotopic (exact) mass is 289 g/mol. The third-order valence-electron chi connectivity index (χ3n) is 3.13. The Kier molecular flexibility index (Phi) is 4.39. The predicted molar refractivity (Wildman–Crippen MR) is 83.0 cm³/mol. The maximum atomic E-state index is 12.3. The van der Waals surface area contributed by atoms with Gasteiger partial charge in [-0.2, -0.15) is 0 Å². The number of thiazole rings is 1. The van der Waals surface area contributed by atoms with E-state index in [1.165, 1.54) is 4.88 Å². The van der Waals surface area contributed by atoms with Gasteiger partial charge >= 0.3 is 0 Å². The second-order valence-electron chi connectivity index (χ2n) is 4.79. The van der Waals surface area contributed by atoms with Gasteiger partial charge in [0.05, 0.1) is 6.04 Å². The van der Waals surface area contributed by atoms with Gasteiger partial charge in [0.2, 0.25) is 0 Å². The summed E-state index contributed by atoms with van der Waals surface area (Å²) in [7, 11) is 0. The molecule has 1 amide bonds. The van der Waals surface area contributed by atoms with Gasteiger partial charge in [-0.25, -0.2) is 4.98 Å². The normalized spacial score (nSPS) is 12.2. The first-order valence-corrected chi connectivity index (χ1v) is 7.44. The Morgan fingerprint density at radius 1 is 1.50 bits per heavy atom. The maximum Gasteiger partial charge on any atom is 0.252 e. The van der Waals surface area contributed by atoms with Crippen LogP contribution in [0, 0.1) is 6.92 Å². The van der Waals surface area contributed by atoms with E-state index in [9.17, 15) is 4.79 Å². The number of aromatic nitrogens is 1. The van der Waals surface area contributed by atoms with E-state index in [-0.39, 0.29) is 11.9 Å². The van der Waals surface area contributed by atoms with Crippen LogP contribution in [0.4, 0.5) is 5.69 Å². The smallest absolute Gasteiger partial charge is 0.252 e. The number of hydrogen-bond acceptors (Lipinski definition) is 4. The molecule has 0 bridgehead atoms. The van der Waals surface area contributed by atoms with E-state index in [1.54, 1.807) is 29.5 Å². The molecule has 106 valence electrons. The number of hydrogen-bond donors (Lipinski definition) is 2. The molecule has 0 radical (unpaired) electrons. The largest absolute Gasteiger partial charge is 0.399 e. The van der Waals surface area contributed by atoms with E-state index >= 15 is 0 Å². The lowest BCUT2D eigenvalue weighted by molar-refractivity contribution is 0.0939. The summed E-state index contributed by atoms with van der Waals surface area (Å²) >= 11 is 1.64. The summed E-state index contributed by atoms with van der Waals surface area (Å²) in [5.41, 5.74) is 7.89. The molecule has 0 aliphatic carbocycles. The molecule has 0 saturated heterocycles. The number of nitrogen functional groups attached to an aromatic ring is 1. The van der Waals surface area contributed by atoms with Crippen molar-refractivity contribution in [2.75, 3.05) is 5.73 Å². The number of amides is 1. The number of rotatable bonds is 4. The van der Waals surface area contributed by atoms with Crippen LogP contribution in [0.1, 0.15) is 45.7 Å². The first kappa shape index (κ1) is 14.5. The van der Waals surface area contributed by atoms with E-state index in [0.717, 1.165) is 17.0 Å². The molecule has 1 heterocycles. The summed E-state index contributed by atoms with van der Waals surface area (Å²) in [6.45, 7) is 5.93. The van der Waals surface area contributed by atoms with Crippen LogP contribution in [-0.4, -0.2) is 10.9 Å². The first-order chi connectivity index (χ1) is 9.51. The van der Waals surface area contributed by atoms with Crippen LogP contribution in [0.5, 0.6) is 0 Å². The fraction of sp³-hybridized carbons (Fsp3) is 0.333. The van der Waals surface area contributed by atoms with Crippen molar-refractivity contribution < 1.29 is 4.79 Å². The number of anilines is 1. The van der Waals surface area contributed by atoms with Gasteiger partial charge in [-0.1, -0.05) is 6.92 Å². The minimum Gasteiger partial charge on any atom is -0.399 e. The van der Waals surface area contributed by atoms with Crippen molar-refractivity contribution in [2.24, 2.45) is 0 Å². The third kappa shape index (κ3) is 3.17. The molecule has 5 heteroatoms. The van der Waals surface area contributed by atoms with E-state index in [0.29, 0.717) is 11.3 Å². The minimum atomic E-state index is -0.0942. The molecule has 0 aliphatic heterocycles. The SMILES string of the molecule is CCc1cnc(C(C)NC(=O)c2ccc(N)cc2C)s1. The van der Waals surface area contributed by atoms with Crippen LogP contribution in [0.2, 0.25) is 0 Å². The Bertz CT molecular complexity index is 621. The van der Waals surface area contributed by atoms with E-state index in [1.807, 2.05) is 20.0 Å². The van der Waals surface area contributed by atoms with Crippen molar-refractivity contribution in [1.82, 2.24) is 10.3 Å². The molecule has 2 rings (SSSR count). The highest BCUT2D eigenvalue weighted by Gasteiger charge is 2.15. The van der Waals surface area contributed by atoms with Crippen molar-refractivity contribution in [3.63, 3.8) is 0 Å². The lowest BCUT2D eigenvalue weighted by Crippen LogP contribution is -2.27. The third-order valence-corrected chi connectivity index (χ3v) is 4.46. The Labute approximate surface area is 123 Å². The second kappa shape index (κ2) is 6.05. The molecule has 3 N–H and O–H groups in total. The van der Waals surface area contributed by atoms with Gasteiger partial charge in [0.15, 0.2) is 0 Å². The van der Waals surface area contributed by atoms with Crippen molar-refractivity contribution in [1.29, 1.82) is 0 Å². The zero-order valence-electron chi connectivity index (χ0n) is 11.9. The van der Waals surface area contributed by atoms with Crippen LogP contribution in [0.15, 0.2) is 24.4 Å². The van der Waals surface area contributed by atoms with E-state index in [4.69, 9.17) is 5.73 Å². The average molecular weight is 289 g/mol. The summed E-state index contributed by atoms with van der Waals surface area (Å²) < 4.78 is 0. The summed E-state index contributed by atoms with van der Waals surface area (Å²) in [6, 6.07) is 5.21. The maximum absolute atomic E-state index is 12.3. The lowest BCUT2D eigenvalue weighted by atomic mass is 10.1. The first-order valence-electron chi connectivity index (χ1n) is 6.62. The standard InChI is InChI=1S/C15H19N3OS/c1-4-12-8-17-15(20-12)10(3)18-14(19)13-6-5-11(16)7-9(13)2/h5-8,10H,4,16H2,1-3H3,(H,18,19). The van der Waals surface area contributed by atoms with Gasteiger partial charge in [0.1, 0.15) is 5.01 Å². The van der Waals surface area contributed by atoms with Crippen LogP contribution in [-0.2, 0) is 6.42 Å². The number of carbonyl (C=O) groups is 1. The fourth-order valence-electron chi connectivity index (χ4n) is 1.96. The average Bonchev–Trinajstić information content (AvgIpc) is 2.87. The minimum absolute atomic E-state index is 0.0928. The molecule has 1 aromatic heterocycles. The Morgan fingerprint density at radius 2 is 2.25 bits per heavy atom. The predicted octanol–water partition coefficient (Wildman–Crippen LogP) is 3.09. The number of nitrogens with two attached hydrogens (primary N) is 1. The summed E-state index contributed by atoms with van der Waals surface area (Å²) in [4.78, 5) is 17.8. The van der Waals surface area contributed by atoms with Gasteiger partial charge in [0, 0.05) is 22.3 Å². The van der Waals surface area contributed by atoms with E-state index in [2.05, 4.69) is 17.2 Å². The molecule has 20 heavy (non-hydrogen) atoms. The van der Waals surface area contributed by atoms with Crippen molar-refractivity contribution in [2.45, 2.75) is 33.2 Å². The molecule has 2 aromatic rings. The number of carbonyl (C=O) groups excluding carboxylic acids is 1. The quantitative estimate of drug-likeness (QED) is 0.850. The summed E-state index contributed by atoms with van der Waals surface area (Å²) in [5.74, 6) is -0.0942. The molecule has 4 nitrogen and oxygen atoms in total. The number of aryl methyl sites for hydroxylation is 2. The van der Waals surface area contributed by atoms with Crippen LogP contribution in [0.3, 0.4) is 0 Å².